The van der Waals surface area contributed by atoms with Crippen molar-refractivity contribution < 1.29 is 9.31 Å². The number of hydrogen-bond acceptors (Lipinski definition) is 2. The second kappa shape index (κ2) is 11.9. The van der Waals surface area contributed by atoms with E-state index >= 15 is 0 Å². The highest BCUT2D eigenvalue weighted by Crippen LogP contribution is 2.16. The molecule has 0 aliphatic carbocycles. The summed E-state index contributed by atoms with van der Waals surface area (Å²) in [5.74, 6) is 1.01. The van der Waals surface area contributed by atoms with Gasteiger partial charge in [0, 0.05) is 13.1 Å². The molecule has 0 atom stereocenters. The van der Waals surface area contributed by atoms with Gasteiger partial charge in [-0.15, -0.1) is 0 Å². The van der Waals surface area contributed by atoms with Gasteiger partial charge >= 0.3 is 0 Å². The van der Waals surface area contributed by atoms with E-state index in [0.717, 1.165) is 45.1 Å². The lowest BCUT2D eigenvalue weighted by atomic mass is 10.1. The molecule has 146 valence electrons. The number of nitrogens with one attached hydrogen (secondary N) is 1. The molecule has 0 bridgehead atoms. The summed E-state index contributed by atoms with van der Waals surface area (Å²) < 4.78 is 8.39. The smallest absolute Gasteiger partial charge is 0.233 e. The van der Waals surface area contributed by atoms with Crippen molar-refractivity contribution in [3.63, 3.8) is 0 Å². The molecule has 4 nitrogen and oxygen atoms in total. The number of aryl methyl sites for hydroxylation is 1. The van der Waals surface area contributed by atoms with Crippen LogP contribution in [0.2, 0.25) is 0 Å². The Hall–Kier alpha value is -1.55. The van der Waals surface area contributed by atoms with E-state index < -0.39 is 0 Å². The van der Waals surface area contributed by atoms with Crippen molar-refractivity contribution in [3.8, 4) is 5.75 Å². The van der Waals surface area contributed by atoms with Crippen LogP contribution in [0.4, 0.5) is 0 Å². The maximum atomic E-state index is 6.02. The van der Waals surface area contributed by atoms with E-state index in [-0.39, 0.29) is 0 Å². The molecule has 1 heterocycles. The average molecular weight is 361 g/mol. The Kier molecular flexibility index (Phi) is 9.54. The summed E-state index contributed by atoms with van der Waals surface area (Å²) in [5, 5.41) is 3.39. The molecule has 0 spiro atoms. The minimum Gasteiger partial charge on any atom is -0.492 e. The molecule has 4 heteroatoms. The van der Waals surface area contributed by atoms with Gasteiger partial charge in [0.15, 0.2) is 0 Å². The van der Waals surface area contributed by atoms with Crippen LogP contribution in [0.1, 0.15) is 58.4 Å². The zero-order valence-corrected chi connectivity index (χ0v) is 17.0. The quantitative estimate of drug-likeness (QED) is 0.368. The summed E-state index contributed by atoms with van der Waals surface area (Å²) >= 11 is 0. The number of ether oxygens (including phenoxy) is 1. The topological polar surface area (TPSA) is 27.5 Å². The third-order valence-electron chi connectivity index (χ3n) is 4.79. The van der Waals surface area contributed by atoms with Crippen molar-refractivity contribution >= 4 is 6.34 Å². The molecule has 1 aliphatic rings. The van der Waals surface area contributed by atoms with Crippen LogP contribution >= 0.6 is 0 Å². The van der Waals surface area contributed by atoms with Gasteiger partial charge in [-0.05, 0) is 50.8 Å². The predicted octanol–water partition coefficient (Wildman–Crippen LogP) is 3.89. The maximum absolute atomic E-state index is 6.02. The first-order chi connectivity index (χ1) is 12.7. The van der Waals surface area contributed by atoms with E-state index in [1.54, 1.807) is 0 Å². The van der Waals surface area contributed by atoms with Crippen molar-refractivity contribution in [2.24, 2.45) is 0 Å². The Morgan fingerprint density at radius 2 is 2.15 bits per heavy atom. The van der Waals surface area contributed by atoms with Gasteiger partial charge in [-0.3, -0.25) is 14.8 Å². The van der Waals surface area contributed by atoms with Gasteiger partial charge < -0.3 is 4.74 Å². The monoisotopic (exact) mass is 360 g/mol. The van der Waals surface area contributed by atoms with Gasteiger partial charge in [-0.1, -0.05) is 38.3 Å². The Morgan fingerprint density at radius 1 is 1.27 bits per heavy atom. The zero-order chi connectivity index (χ0) is 18.6. The molecule has 1 aliphatic heterocycles. The largest absolute Gasteiger partial charge is 0.492 e. The third kappa shape index (κ3) is 8.22. The second-order valence-electron chi connectivity index (χ2n) is 7.68. The molecule has 1 fully saturated rings. The standard InChI is InChI=1S/C22H37N3O/c1-4-5-6-7-10-21-11-8-12-22(17-21)26-16-15-24-13-9-14-25(19-24)18-23-20(2)3/h8,11-12,17-18,20H,4-7,9-10,13-16,19H2,1-3H3/p+1. The van der Waals surface area contributed by atoms with E-state index in [1.165, 1.54) is 37.7 Å². The van der Waals surface area contributed by atoms with E-state index in [4.69, 9.17) is 4.74 Å². The van der Waals surface area contributed by atoms with E-state index in [0.29, 0.717) is 6.04 Å². The van der Waals surface area contributed by atoms with Crippen molar-refractivity contribution in [2.45, 2.75) is 65.3 Å². The van der Waals surface area contributed by atoms with Crippen LogP contribution in [0, 0.1) is 0 Å². The summed E-state index contributed by atoms with van der Waals surface area (Å²) in [6.07, 6.45) is 9.76. The molecule has 0 saturated carbocycles. The second-order valence-corrected chi connectivity index (χ2v) is 7.68. The van der Waals surface area contributed by atoms with Gasteiger partial charge in [0.2, 0.25) is 6.34 Å². The fourth-order valence-electron chi connectivity index (χ4n) is 3.28. The molecule has 1 saturated heterocycles. The fraction of sp³-hybridized carbons (Fsp3) is 0.682. The summed E-state index contributed by atoms with van der Waals surface area (Å²) in [5.41, 5.74) is 1.40. The number of benzene rings is 1. The number of unbranched alkanes of at least 4 members (excludes halogenated alkanes) is 3. The summed E-state index contributed by atoms with van der Waals surface area (Å²) in [4.78, 5) is 2.47. The minimum absolute atomic E-state index is 0.489. The first kappa shape index (κ1) is 20.8. The molecule has 1 N–H and O–H groups in total. The highest BCUT2D eigenvalue weighted by molar-refractivity contribution is 5.48. The van der Waals surface area contributed by atoms with Crippen LogP contribution in [0.5, 0.6) is 5.75 Å². The van der Waals surface area contributed by atoms with Crippen LogP contribution in [0.3, 0.4) is 0 Å². The molecular weight excluding hydrogens is 322 g/mol. The maximum Gasteiger partial charge on any atom is 0.233 e. The Balaban J connectivity index is 1.71. The van der Waals surface area contributed by atoms with Crippen LogP contribution < -0.4 is 10.1 Å². The number of hydrogen-bond donors (Lipinski definition) is 1. The summed E-state index contributed by atoms with van der Waals surface area (Å²) in [6.45, 7) is 11.6. The van der Waals surface area contributed by atoms with Gasteiger partial charge in [0.25, 0.3) is 0 Å². The van der Waals surface area contributed by atoms with Crippen LogP contribution in [0.15, 0.2) is 24.3 Å². The van der Waals surface area contributed by atoms with Crippen molar-refractivity contribution in [1.29, 1.82) is 0 Å². The SMILES string of the molecule is CCCCCCc1cccc(OCCN2CCC/[N+](=C/NC(C)C)C2)c1. The Bertz CT molecular complexity index is 542. The summed E-state index contributed by atoms with van der Waals surface area (Å²) in [6, 6.07) is 9.13. The van der Waals surface area contributed by atoms with E-state index in [2.05, 4.69) is 66.2 Å². The van der Waals surface area contributed by atoms with Crippen LogP contribution in [0.25, 0.3) is 0 Å². The summed E-state index contributed by atoms with van der Waals surface area (Å²) in [7, 11) is 0. The molecule has 0 radical (unpaired) electrons. The lowest BCUT2D eigenvalue weighted by Gasteiger charge is -2.27. The first-order valence-electron chi connectivity index (χ1n) is 10.4. The third-order valence-corrected chi connectivity index (χ3v) is 4.79. The van der Waals surface area contributed by atoms with Crippen molar-refractivity contribution in [3.05, 3.63) is 29.8 Å². The highest BCUT2D eigenvalue weighted by Gasteiger charge is 2.16. The highest BCUT2D eigenvalue weighted by atomic mass is 16.5. The molecule has 0 aromatic heterocycles. The molecule has 1 aromatic rings. The molecule has 2 rings (SSSR count). The van der Waals surface area contributed by atoms with Crippen LogP contribution in [-0.2, 0) is 6.42 Å². The molecule has 0 unspecified atom stereocenters. The first-order valence-corrected chi connectivity index (χ1v) is 10.4. The average Bonchev–Trinajstić information content (AvgIpc) is 2.64. The van der Waals surface area contributed by atoms with Crippen molar-refractivity contribution in [2.75, 3.05) is 32.9 Å². The zero-order valence-electron chi connectivity index (χ0n) is 17.0. The number of rotatable bonds is 11. The Morgan fingerprint density at radius 3 is 2.96 bits per heavy atom. The van der Waals surface area contributed by atoms with Gasteiger partial charge in [-0.2, -0.15) is 0 Å². The molecule has 0 amide bonds. The lowest BCUT2D eigenvalue weighted by Crippen LogP contribution is -2.44. The molecule has 1 aromatic carbocycles. The molecular formula is C22H38N3O+. The predicted molar refractivity (Wildman–Crippen MR) is 110 cm³/mol. The normalized spacial score (nSPS) is 17.0. The Labute approximate surface area is 160 Å². The van der Waals surface area contributed by atoms with Crippen LogP contribution in [-0.4, -0.2) is 54.8 Å². The van der Waals surface area contributed by atoms with E-state index in [9.17, 15) is 0 Å². The number of nitrogens with zero attached hydrogens (tertiary/aromatic N) is 2. The van der Waals surface area contributed by atoms with Gasteiger partial charge in [-0.25, -0.2) is 0 Å². The van der Waals surface area contributed by atoms with Crippen molar-refractivity contribution in [1.82, 2.24) is 10.2 Å². The molecule has 26 heavy (non-hydrogen) atoms. The fourth-order valence-corrected chi connectivity index (χ4v) is 3.28. The van der Waals surface area contributed by atoms with Gasteiger partial charge in [0.1, 0.15) is 19.0 Å². The van der Waals surface area contributed by atoms with E-state index in [1.807, 2.05) is 0 Å². The minimum atomic E-state index is 0.489. The lowest BCUT2D eigenvalue weighted by molar-refractivity contribution is -0.558. The van der Waals surface area contributed by atoms with Gasteiger partial charge in [0.05, 0.1) is 12.6 Å².